The van der Waals surface area contributed by atoms with Crippen LogP contribution >= 0.6 is 0 Å². The van der Waals surface area contributed by atoms with Crippen molar-refractivity contribution in [1.82, 2.24) is 19.5 Å². The molecule has 0 unspecified atom stereocenters. The Morgan fingerprint density at radius 2 is 1.74 bits per heavy atom. The van der Waals surface area contributed by atoms with Crippen LogP contribution in [0.1, 0.15) is 26.7 Å². The monoisotopic (exact) mass is 535 g/mol. The van der Waals surface area contributed by atoms with Crippen molar-refractivity contribution in [3.63, 3.8) is 0 Å². The van der Waals surface area contributed by atoms with E-state index in [1.165, 1.54) is 4.31 Å². The van der Waals surface area contributed by atoms with Crippen LogP contribution in [0.25, 0.3) is 10.9 Å². The number of sulfonamides is 1. The molecule has 2 fully saturated rings. The number of hydrogen-bond acceptors (Lipinski definition) is 6. The number of para-hydroxylation sites is 2. The fraction of sp³-hybridized carbons (Fsp3) is 0.393. The summed E-state index contributed by atoms with van der Waals surface area (Å²) in [5, 5.41) is 3.65. The van der Waals surface area contributed by atoms with Crippen LogP contribution < -0.4 is 10.2 Å². The highest BCUT2D eigenvalue weighted by Crippen LogP contribution is 2.40. The smallest absolute Gasteiger partial charge is 0.250 e. The summed E-state index contributed by atoms with van der Waals surface area (Å²) in [4.78, 5) is 34.6. The number of piperidine rings is 1. The number of nitrogens with zero attached hydrogens (tertiary/aromatic N) is 4. The van der Waals surface area contributed by atoms with E-state index >= 15 is 0 Å². The summed E-state index contributed by atoms with van der Waals surface area (Å²) in [6.07, 6.45) is 2.23. The Hall–Kier alpha value is -3.50. The van der Waals surface area contributed by atoms with Crippen LogP contribution in [0.2, 0.25) is 0 Å². The number of rotatable bonds is 7. The van der Waals surface area contributed by atoms with Gasteiger partial charge in [0.05, 0.1) is 12.2 Å². The SMILES string of the molecule is CC(C)CNC(=O)CN1CN(c2ccccc2)C2(CCN(S(=O)(=O)c3cccc4cccnc34)CC2)C1=O. The molecule has 2 aliphatic rings. The van der Waals surface area contributed by atoms with Crippen LogP contribution in [0.5, 0.6) is 0 Å². The van der Waals surface area contributed by atoms with Crippen LogP contribution in [0.3, 0.4) is 0 Å². The van der Waals surface area contributed by atoms with E-state index in [1.54, 1.807) is 29.3 Å². The van der Waals surface area contributed by atoms with Crippen LogP contribution in [-0.4, -0.2) is 72.8 Å². The molecule has 10 heteroatoms. The Morgan fingerprint density at radius 1 is 1.03 bits per heavy atom. The fourth-order valence-electron chi connectivity index (χ4n) is 5.39. The van der Waals surface area contributed by atoms with Crippen molar-refractivity contribution < 1.29 is 18.0 Å². The van der Waals surface area contributed by atoms with Gasteiger partial charge in [0.2, 0.25) is 21.8 Å². The predicted octanol–water partition coefficient (Wildman–Crippen LogP) is 2.84. The van der Waals surface area contributed by atoms with E-state index in [4.69, 9.17) is 0 Å². The Kier molecular flexibility index (Phi) is 7.11. The molecule has 0 bridgehead atoms. The van der Waals surface area contributed by atoms with Crippen molar-refractivity contribution >= 4 is 38.4 Å². The minimum atomic E-state index is -3.82. The first kappa shape index (κ1) is 26.1. The maximum atomic E-state index is 13.9. The summed E-state index contributed by atoms with van der Waals surface area (Å²) < 4.78 is 28.9. The van der Waals surface area contributed by atoms with Crippen LogP contribution in [0, 0.1) is 5.92 Å². The highest BCUT2D eigenvalue weighted by molar-refractivity contribution is 7.89. The van der Waals surface area contributed by atoms with E-state index in [0.29, 0.717) is 30.8 Å². The lowest BCUT2D eigenvalue weighted by Crippen LogP contribution is -2.57. The molecule has 38 heavy (non-hydrogen) atoms. The third-order valence-corrected chi connectivity index (χ3v) is 9.32. The van der Waals surface area contributed by atoms with Crippen molar-refractivity contribution in [3.8, 4) is 0 Å². The van der Waals surface area contributed by atoms with Crippen LogP contribution in [-0.2, 0) is 19.6 Å². The first-order chi connectivity index (χ1) is 18.2. The van der Waals surface area contributed by atoms with E-state index < -0.39 is 15.6 Å². The standard InChI is InChI=1S/C28H33N5O4S/c1-21(2)18-30-25(34)19-31-20-33(23-10-4-3-5-11-23)28(27(31)35)13-16-32(17-14-28)38(36,37)24-12-6-8-22-9-7-15-29-26(22)24/h3-12,15,21H,13-14,16-20H2,1-2H3,(H,30,34). The minimum absolute atomic E-state index is 0.0275. The number of pyridine rings is 1. The van der Waals surface area contributed by atoms with Gasteiger partial charge in [0.25, 0.3) is 0 Å². The second kappa shape index (κ2) is 10.3. The molecule has 3 heterocycles. The summed E-state index contributed by atoms with van der Waals surface area (Å²) in [7, 11) is -3.82. The van der Waals surface area contributed by atoms with E-state index in [2.05, 4.69) is 10.3 Å². The Morgan fingerprint density at radius 3 is 2.45 bits per heavy atom. The molecule has 2 amide bonds. The van der Waals surface area contributed by atoms with E-state index in [9.17, 15) is 18.0 Å². The topological polar surface area (TPSA) is 103 Å². The first-order valence-corrected chi connectivity index (χ1v) is 14.4. The number of anilines is 1. The molecule has 9 nitrogen and oxygen atoms in total. The number of amides is 2. The minimum Gasteiger partial charge on any atom is -0.354 e. The number of carbonyl (C=O) groups is 2. The number of fused-ring (bicyclic) bond motifs is 1. The Balaban J connectivity index is 1.40. The number of hydrogen-bond donors (Lipinski definition) is 1. The lowest BCUT2D eigenvalue weighted by molar-refractivity contribution is -0.137. The highest BCUT2D eigenvalue weighted by Gasteiger charge is 2.55. The molecule has 2 aliphatic heterocycles. The average Bonchev–Trinajstić information content (AvgIpc) is 3.18. The summed E-state index contributed by atoms with van der Waals surface area (Å²) in [6.45, 7) is 5.21. The second-order valence-electron chi connectivity index (χ2n) is 10.4. The molecule has 0 aliphatic carbocycles. The molecule has 2 saturated heterocycles. The third kappa shape index (κ3) is 4.74. The number of nitrogens with one attached hydrogen (secondary N) is 1. The maximum absolute atomic E-state index is 13.9. The molecular weight excluding hydrogens is 502 g/mol. The van der Waals surface area contributed by atoms with Gasteiger partial charge in [-0.25, -0.2) is 8.42 Å². The molecule has 3 aromatic rings. The first-order valence-electron chi connectivity index (χ1n) is 12.9. The lowest BCUT2D eigenvalue weighted by atomic mass is 9.86. The molecule has 0 saturated carbocycles. The van der Waals surface area contributed by atoms with Crippen LogP contribution in [0.15, 0.2) is 71.8 Å². The third-order valence-electron chi connectivity index (χ3n) is 7.39. The number of aromatic nitrogens is 1. The zero-order valence-electron chi connectivity index (χ0n) is 21.7. The van der Waals surface area contributed by atoms with Crippen molar-refractivity contribution in [3.05, 3.63) is 66.9 Å². The quantitative estimate of drug-likeness (QED) is 0.499. The highest BCUT2D eigenvalue weighted by atomic mass is 32.2. The van der Waals surface area contributed by atoms with Crippen molar-refractivity contribution in [2.45, 2.75) is 37.1 Å². The molecule has 200 valence electrons. The number of benzene rings is 2. The van der Waals surface area contributed by atoms with E-state index in [1.807, 2.05) is 61.2 Å². The largest absolute Gasteiger partial charge is 0.354 e. The zero-order chi connectivity index (χ0) is 26.9. The normalized spacial score (nSPS) is 18.0. The zero-order valence-corrected chi connectivity index (χ0v) is 22.5. The molecule has 0 atom stereocenters. The van der Waals surface area contributed by atoms with Crippen molar-refractivity contribution in [2.24, 2.45) is 5.92 Å². The van der Waals surface area contributed by atoms with Crippen LogP contribution in [0.4, 0.5) is 5.69 Å². The van der Waals surface area contributed by atoms with Gasteiger partial charge >= 0.3 is 0 Å². The molecular formula is C28H33N5O4S. The summed E-state index contributed by atoms with van der Waals surface area (Å²) in [5.74, 6) is -0.0193. The Labute approximate surface area is 223 Å². The summed E-state index contributed by atoms with van der Waals surface area (Å²) >= 11 is 0. The van der Waals surface area contributed by atoms with Gasteiger partial charge in [-0.2, -0.15) is 4.31 Å². The second-order valence-corrected chi connectivity index (χ2v) is 12.3. The molecule has 1 aromatic heterocycles. The van der Waals surface area contributed by atoms with Gasteiger partial charge < -0.3 is 15.1 Å². The van der Waals surface area contributed by atoms with Crippen molar-refractivity contribution in [2.75, 3.05) is 37.7 Å². The Bertz CT molecular complexity index is 1430. The van der Waals surface area contributed by atoms with Gasteiger partial charge in [-0.3, -0.25) is 14.6 Å². The molecule has 5 rings (SSSR count). The van der Waals surface area contributed by atoms with Gasteiger partial charge in [-0.15, -0.1) is 0 Å². The number of carbonyl (C=O) groups excluding carboxylic acids is 2. The van der Waals surface area contributed by atoms with Gasteiger partial charge in [-0.05, 0) is 43.0 Å². The summed E-state index contributed by atoms with van der Waals surface area (Å²) in [5.41, 5.74) is 0.403. The van der Waals surface area contributed by atoms with Gasteiger partial charge in [0.1, 0.15) is 17.0 Å². The van der Waals surface area contributed by atoms with E-state index in [-0.39, 0.29) is 43.0 Å². The lowest BCUT2D eigenvalue weighted by Gasteiger charge is -2.42. The molecule has 1 N–H and O–H groups in total. The maximum Gasteiger partial charge on any atom is 0.250 e. The molecule has 2 aromatic carbocycles. The van der Waals surface area contributed by atoms with Crippen molar-refractivity contribution in [1.29, 1.82) is 0 Å². The van der Waals surface area contributed by atoms with Gasteiger partial charge in [0, 0.05) is 36.9 Å². The van der Waals surface area contributed by atoms with Gasteiger partial charge in [0.15, 0.2) is 0 Å². The van der Waals surface area contributed by atoms with E-state index in [0.717, 1.165) is 11.1 Å². The molecule has 1 spiro atoms. The fourth-order valence-corrected chi connectivity index (χ4v) is 7.00. The molecule has 0 radical (unpaired) electrons. The predicted molar refractivity (Wildman–Crippen MR) is 146 cm³/mol. The average molecular weight is 536 g/mol. The van der Waals surface area contributed by atoms with Gasteiger partial charge in [-0.1, -0.05) is 50.2 Å². The summed E-state index contributed by atoms with van der Waals surface area (Å²) in [6, 6.07) is 18.4.